The van der Waals surface area contributed by atoms with Gasteiger partial charge < -0.3 is 10.2 Å². The number of nitrogens with zero attached hydrogens (tertiary/aromatic N) is 1. The van der Waals surface area contributed by atoms with Gasteiger partial charge in [-0.3, -0.25) is 9.59 Å². The van der Waals surface area contributed by atoms with Crippen LogP contribution < -0.4 is 5.32 Å². The molecule has 2 amide bonds. The van der Waals surface area contributed by atoms with Crippen LogP contribution in [0.3, 0.4) is 0 Å². The minimum absolute atomic E-state index is 0.0271. The van der Waals surface area contributed by atoms with E-state index in [9.17, 15) is 9.59 Å². The van der Waals surface area contributed by atoms with Gasteiger partial charge in [0.2, 0.25) is 5.91 Å². The summed E-state index contributed by atoms with van der Waals surface area (Å²) in [6.45, 7) is 1.56. The largest absolute Gasteiger partial charge is 0.356 e. The quantitative estimate of drug-likeness (QED) is 0.864. The third-order valence-corrected chi connectivity index (χ3v) is 5.55. The molecule has 3 rings (SSSR count). The summed E-state index contributed by atoms with van der Waals surface area (Å²) >= 11 is 1.55. The lowest BCUT2D eigenvalue weighted by Crippen LogP contribution is -2.47. The van der Waals surface area contributed by atoms with Crippen molar-refractivity contribution >= 4 is 23.2 Å². The number of carbonyl (C=O) groups excluding carboxylic acids is 2. The van der Waals surface area contributed by atoms with E-state index in [2.05, 4.69) is 5.32 Å². The smallest absolute Gasteiger partial charge is 0.254 e. The number of hydrogen-bond acceptors (Lipinski definition) is 3. The van der Waals surface area contributed by atoms with Crippen molar-refractivity contribution in [1.82, 2.24) is 10.2 Å². The Balaban J connectivity index is 1.82. The molecule has 1 N–H and O–H groups in total. The van der Waals surface area contributed by atoms with E-state index < -0.39 is 0 Å². The van der Waals surface area contributed by atoms with E-state index in [1.807, 2.05) is 21.7 Å². The van der Waals surface area contributed by atoms with E-state index in [1.165, 1.54) is 0 Å². The number of nitrogens with one attached hydrogen (secondary N) is 1. The monoisotopic (exact) mass is 320 g/mol. The van der Waals surface area contributed by atoms with Crippen molar-refractivity contribution in [2.24, 2.45) is 5.92 Å². The van der Waals surface area contributed by atoms with Crippen LogP contribution in [-0.2, 0) is 4.79 Å². The molecular weight excluding hydrogens is 296 g/mol. The first kappa shape index (κ1) is 15.5. The van der Waals surface area contributed by atoms with Gasteiger partial charge in [0.15, 0.2) is 0 Å². The van der Waals surface area contributed by atoms with E-state index in [4.69, 9.17) is 0 Å². The summed E-state index contributed by atoms with van der Waals surface area (Å²) in [5, 5.41) is 6.93. The van der Waals surface area contributed by atoms with E-state index in [1.54, 1.807) is 11.3 Å². The molecule has 120 valence electrons. The number of fused-ring (bicyclic) bond motifs is 1. The molecule has 1 aromatic heterocycles. The number of hydrogen-bond donors (Lipinski definition) is 1. The van der Waals surface area contributed by atoms with Crippen molar-refractivity contribution < 1.29 is 9.59 Å². The van der Waals surface area contributed by atoms with Crippen molar-refractivity contribution in [2.75, 3.05) is 13.1 Å². The summed E-state index contributed by atoms with van der Waals surface area (Å²) in [6.07, 6.45) is 7.22. The van der Waals surface area contributed by atoms with Gasteiger partial charge in [0, 0.05) is 24.5 Å². The van der Waals surface area contributed by atoms with Crippen molar-refractivity contribution in [3.63, 3.8) is 0 Å². The Morgan fingerprint density at radius 2 is 2.05 bits per heavy atom. The lowest BCUT2D eigenvalue weighted by atomic mass is 10.00. The van der Waals surface area contributed by atoms with Crippen LogP contribution in [0.2, 0.25) is 0 Å². The molecule has 0 bridgehead atoms. The third kappa shape index (κ3) is 3.35. The molecule has 0 unspecified atom stereocenters. The maximum Gasteiger partial charge on any atom is 0.254 e. The van der Waals surface area contributed by atoms with Crippen molar-refractivity contribution in [1.29, 1.82) is 0 Å². The molecule has 2 atom stereocenters. The molecule has 1 saturated carbocycles. The standard InChI is InChI=1S/C17H24N2O2S/c20-16-14-6-5-7-15(14)19(10-4-2-1-3-9-18-16)17(21)13-8-11-22-12-13/h8,11-12,14-15H,1-7,9-10H2,(H,18,20)/t14-,15+/m1/s1. The van der Waals surface area contributed by atoms with E-state index in [0.29, 0.717) is 0 Å². The highest BCUT2D eigenvalue weighted by molar-refractivity contribution is 7.08. The van der Waals surface area contributed by atoms with Crippen LogP contribution in [0.5, 0.6) is 0 Å². The average Bonchev–Trinajstić information content (AvgIpc) is 3.19. The molecular formula is C17H24N2O2S. The van der Waals surface area contributed by atoms with Gasteiger partial charge in [-0.15, -0.1) is 0 Å². The van der Waals surface area contributed by atoms with Gasteiger partial charge in [0.1, 0.15) is 0 Å². The molecule has 1 saturated heterocycles. The van der Waals surface area contributed by atoms with E-state index in [-0.39, 0.29) is 23.8 Å². The predicted octanol–water partition coefficient (Wildman–Crippen LogP) is 3.05. The van der Waals surface area contributed by atoms with Crippen molar-refractivity contribution in [3.8, 4) is 0 Å². The Morgan fingerprint density at radius 3 is 2.86 bits per heavy atom. The van der Waals surface area contributed by atoms with Gasteiger partial charge in [0.05, 0.1) is 11.5 Å². The molecule has 22 heavy (non-hydrogen) atoms. The van der Waals surface area contributed by atoms with Crippen LogP contribution in [0.4, 0.5) is 0 Å². The zero-order valence-electron chi connectivity index (χ0n) is 12.9. The molecule has 1 aliphatic carbocycles. The summed E-state index contributed by atoms with van der Waals surface area (Å²) in [4.78, 5) is 27.3. The third-order valence-electron chi connectivity index (χ3n) is 4.87. The van der Waals surface area contributed by atoms with Gasteiger partial charge in [-0.2, -0.15) is 11.3 Å². The lowest BCUT2D eigenvalue weighted by molar-refractivity contribution is -0.126. The SMILES string of the molecule is O=C1NCCCCCCN(C(=O)c2ccsc2)[C@H]2CCC[C@@H]12. The first-order valence-electron chi connectivity index (χ1n) is 8.38. The maximum absolute atomic E-state index is 12.9. The molecule has 2 fully saturated rings. The summed E-state index contributed by atoms with van der Waals surface area (Å²) in [5.74, 6) is 0.221. The second-order valence-electron chi connectivity index (χ2n) is 6.32. The van der Waals surface area contributed by atoms with Crippen LogP contribution in [-0.4, -0.2) is 35.8 Å². The van der Waals surface area contributed by atoms with Crippen LogP contribution in [0.15, 0.2) is 16.8 Å². The molecule has 0 radical (unpaired) electrons. The van der Waals surface area contributed by atoms with Crippen molar-refractivity contribution in [3.05, 3.63) is 22.4 Å². The molecule has 4 nitrogen and oxygen atoms in total. The highest BCUT2D eigenvalue weighted by Crippen LogP contribution is 2.32. The Labute approximate surface area is 135 Å². The zero-order valence-corrected chi connectivity index (χ0v) is 13.7. The molecule has 5 heteroatoms. The second-order valence-corrected chi connectivity index (χ2v) is 7.10. The molecule has 2 heterocycles. The lowest BCUT2D eigenvalue weighted by Gasteiger charge is -2.32. The maximum atomic E-state index is 12.9. The number of amides is 2. The van der Waals surface area contributed by atoms with Gasteiger partial charge in [-0.05, 0) is 37.1 Å². The molecule has 1 aliphatic heterocycles. The normalized spacial score (nSPS) is 26.9. The van der Waals surface area contributed by atoms with Gasteiger partial charge in [0.25, 0.3) is 5.91 Å². The summed E-state index contributed by atoms with van der Waals surface area (Å²) < 4.78 is 0. The second kappa shape index (κ2) is 7.27. The van der Waals surface area contributed by atoms with Crippen molar-refractivity contribution in [2.45, 2.75) is 51.0 Å². The summed E-state index contributed by atoms with van der Waals surface area (Å²) in [5.41, 5.74) is 0.769. The number of thiophene rings is 1. The fourth-order valence-corrected chi connectivity index (χ4v) is 4.32. The first-order valence-corrected chi connectivity index (χ1v) is 9.32. The minimum atomic E-state index is -0.0271. The van der Waals surface area contributed by atoms with E-state index >= 15 is 0 Å². The van der Waals surface area contributed by atoms with Crippen LogP contribution >= 0.6 is 11.3 Å². The Morgan fingerprint density at radius 1 is 1.18 bits per heavy atom. The number of carbonyl (C=O) groups is 2. The Kier molecular flexibility index (Phi) is 5.13. The Bertz CT molecular complexity index is 515. The van der Waals surface area contributed by atoms with Crippen LogP contribution in [0.1, 0.15) is 55.3 Å². The molecule has 0 aromatic carbocycles. The fraction of sp³-hybridized carbons (Fsp3) is 0.647. The summed E-state index contributed by atoms with van der Waals surface area (Å²) in [6, 6.07) is 1.97. The highest BCUT2D eigenvalue weighted by atomic mass is 32.1. The van der Waals surface area contributed by atoms with Crippen LogP contribution in [0, 0.1) is 5.92 Å². The average molecular weight is 320 g/mol. The van der Waals surface area contributed by atoms with Crippen LogP contribution in [0.25, 0.3) is 0 Å². The van der Waals surface area contributed by atoms with Gasteiger partial charge in [-0.1, -0.05) is 19.3 Å². The predicted molar refractivity (Wildman–Crippen MR) is 88.0 cm³/mol. The topological polar surface area (TPSA) is 49.4 Å². The van der Waals surface area contributed by atoms with Gasteiger partial charge in [-0.25, -0.2) is 0 Å². The zero-order chi connectivity index (χ0) is 15.4. The first-order chi connectivity index (χ1) is 10.8. The molecule has 1 aromatic rings. The molecule has 2 aliphatic rings. The summed E-state index contributed by atoms with van der Waals surface area (Å²) in [7, 11) is 0. The van der Waals surface area contributed by atoms with Gasteiger partial charge >= 0.3 is 0 Å². The van der Waals surface area contributed by atoms with E-state index in [0.717, 1.165) is 63.6 Å². The highest BCUT2D eigenvalue weighted by Gasteiger charge is 2.38. The number of rotatable bonds is 1. The Hall–Kier alpha value is -1.36. The fourth-order valence-electron chi connectivity index (χ4n) is 3.69. The molecule has 0 spiro atoms. The minimum Gasteiger partial charge on any atom is -0.356 e.